The molecule has 0 aliphatic heterocycles. The first-order chi connectivity index (χ1) is 17.0. The molecule has 0 aliphatic carbocycles. The van der Waals surface area contributed by atoms with Gasteiger partial charge in [-0.15, -0.1) is 0 Å². The van der Waals surface area contributed by atoms with Crippen LogP contribution in [0.4, 0.5) is 24.5 Å². The van der Waals surface area contributed by atoms with Crippen LogP contribution < -0.4 is 10.6 Å². The molecule has 2 amide bonds. The number of nitrogens with zero attached hydrogens (tertiary/aromatic N) is 1. The minimum atomic E-state index is -4.55. The third-order valence-electron chi connectivity index (χ3n) is 5.94. The van der Waals surface area contributed by atoms with Crippen molar-refractivity contribution in [2.75, 3.05) is 23.7 Å². The topological polar surface area (TPSA) is 61.4 Å². The van der Waals surface area contributed by atoms with E-state index in [2.05, 4.69) is 10.6 Å². The molecular weight excluding hydrogens is 467 g/mol. The molecule has 3 aromatic rings. The maximum Gasteiger partial charge on any atom is 0.416 e. The lowest BCUT2D eigenvalue weighted by molar-refractivity contribution is -0.138. The first kappa shape index (κ1) is 26.9. The minimum absolute atomic E-state index is 0.00950. The van der Waals surface area contributed by atoms with Crippen molar-refractivity contribution in [1.82, 2.24) is 4.90 Å². The number of alkyl halides is 3. The zero-order valence-corrected chi connectivity index (χ0v) is 20.8. The van der Waals surface area contributed by atoms with Gasteiger partial charge in [0.2, 0.25) is 11.8 Å². The van der Waals surface area contributed by atoms with E-state index in [1.807, 2.05) is 64.1 Å². The van der Waals surface area contributed by atoms with E-state index in [1.54, 1.807) is 0 Å². The minimum Gasteiger partial charge on any atom is -0.324 e. The van der Waals surface area contributed by atoms with E-state index in [0.29, 0.717) is 11.4 Å². The van der Waals surface area contributed by atoms with Crippen LogP contribution >= 0.6 is 0 Å². The molecule has 8 heteroatoms. The van der Waals surface area contributed by atoms with Gasteiger partial charge in [-0.2, -0.15) is 13.2 Å². The summed E-state index contributed by atoms with van der Waals surface area (Å²) in [7, 11) is 0. The summed E-state index contributed by atoms with van der Waals surface area (Å²) in [6.07, 6.45) is -4.55. The molecule has 3 aromatic carbocycles. The second kappa shape index (κ2) is 11.4. The second-order valence-corrected chi connectivity index (χ2v) is 8.93. The van der Waals surface area contributed by atoms with E-state index in [-0.39, 0.29) is 25.2 Å². The SMILES string of the molecule is Cc1cccc(C)c1NC(=O)CN(CC(=O)Nc1c(C)cccc1C)Cc1ccccc1C(F)(F)F. The summed E-state index contributed by atoms with van der Waals surface area (Å²) >= 11 is 0. The molecule has 0 saturated heterocycles. The molecule has 0 radical (unpaired) electrons. The first-order valence-corrected chi connectivity index (χ1v) is 11.5. The number of carbonyl (C=O) groups is 2. The molecule has 0 atom stereocenters. The highest BCUT2D eigenvalue weighted by Crippen LogP contribution is 2.32. The molecular formula is C28H30F3N3O2. The number of hydrogen-bond acceptors (Lipinski definition) is 3. The fourth-order valence-electron chi connectivity index (χ4n) is 4.13. The third-order valence-corrected chi connectivity index (χ3v) is 5.94. The second-order valence-electron chi connectivity index (χ2n) is 8.93. The van der Waals surface area contributed by atoms with Gasteiger partial charge in [0.05, 0.1) is 18.7 Å². The quantitative estimate of drug-likeness (QED) is 0.400. The van der Waals surface area contributed by atoms with E-state index in [9.17, 15) is 22.8 Å². The van der Waals surface area contributed by atoms with Gasteiger partial charge < -0.3 is 10.6 Å². The summed E-state index contributed by atoms with van der Waals surface area (Å²) in [6.45, 7) is 6.68. The molecule has 0 fully saturated rings. The van der Waals surface area contributed by atoms with Gasteiger partial charge in [0.15, 0.2) is 0 Å². The number of carbonyl (C=O) groups excluding carboxylic acids is 2. The standard InChI is InChI=1S/C28H30F3N3O2/c1-18-9-7-10-19(2)26(18)32-24(35)16-34(15-22-13-5-6-14-23(22)28(29,30)31)17-25(36)33-27-20(3)11-8-12-21(27)4/h5-14H,15-17H2,1-4H3,(H,32,35)(H,33,36). The first-order valence-electron chi connectivity index (χ1n) is 11.5. The number of anilines is 2. The van der Waals surface area contributed by atoms with Crippen molar-refractivity contribution < 1.29 is 22.8 Å². The fourth-order valence-corrected chi connectivity index (χ4v) is 4.13. The molecule has 2 N–H and O–H groups in total. The van der Waals surface area contributed by atoms with E-state index in [4.69, 9.17) is 0 Å². The molecule has 3 rings (SSSR count). The van der Waals surface area contributed by atoms with E-state index < -0.39 is 23.6 Å². The number of benzene rings is 3. The molecule has 36 heavy (non-hydrogen) atoms. The molecule has 190 valence electrons. The summed E-state index contributed by atoms with van der Waals surface area (Å²) in [5.74, 6) is -0.839. The van der Waals surface area contributed by atoms with Gasteiger partial charge in [0.25, 0.3) is 0 Å². The molecule has 0 aromatic heterocycles. The summed E-state index contributed by atoms with van der Waals surface area (Å²) in [4.78, 5) is 27.3. The van der Waals surface area contributed by atoms with E-state index in [0.717, 1.165) is 28.3 Å². The van der Waals surface area contributed by atoms with Crippen LogP contribution in [0.25, 0.3) is 0 Å². The number of rotatable bonds is 8. The third kappa shape index (κ3) is 6.95. The maximum atomic E-state index is 13.6. The molecule has 0 saturated carbocycles. The number of para-hydroxylation sites is 2. The van der Waals surface area contributed by atoms with Crippen molar-refractivity contribution in [3.8, 4) is 0 Å². The maximum absolute atomic E-state index is 13.6. The lowest BCUT2D eigenvalue weighted by Crippen LogP contribution is -2.39. The van der Waals surface area contributed by atoms with E-state index in [1.165, 1.54) is 23.1 Å². The van der Waals surface area contributed by atoms with Crippen LogP contribution in [0.1, 0.15) is 33.4 Å². The normalized spacial score (nSPS) is 11.4. The summed E-state index contributed by atoms with van der Waals surface area (Å²) < 4.78 is 40.8. The Balaban J connectivity index is 1.84. The number of aryl methyl sites for hydroxylation is 4. The van der Waals surface area contributed by atoms with Crippen molar-refractivity contribution in [3.05, 3.63) is 94.0 Å². The molecule has 0 heterocycles. The Bertz CT molecular complexity index is 1150. The summed E-state index contributed by atoms with van der Waals surface area (Å²) in [5, 5.41) is 5.69. The Kier molecular flexibility index (Phi) is 8.53. The Morgan fingerprint density at radius 1 is 0.694 bits per heavy atom. The number of halogens is 3. The zero-order valence-electron chi connectivity index (χ0n) is 20.8. The van der Waals surface area contributed by atoms with Crippen molar-refractivity contribution in [1.29, 1.82) is 0 Å². The Hall–Kier alpha value is -3.65. The summed E-state index contributed by atoms with van der Waals surface area (Å²) in [6, 6.07) is 16.4. The zero-order chi connectivity index (χ0) is 26.5. The summed E-state index contributed by atoms with van der Waals surface area (Å²) in [5.41, 5.74) is 3.96. The van der Waals surface area contributed by atoms with Crippen LogP contribution in [0.3, 0.4) is 0 Å². The molecule has 0 unspecified atom stereocenters. The van der Waals surface area contributed by atoms with Crippen LogP contribution in [0, 0.1) is 27.7 Å². The molecule has 0 spiro atoms. The van der Waals surface area contributed by atoms with Gasteiger partial charge in [0, 0.05) is 17.9 Å². The number of amides is 2. The average molecular weight is 498 g/mol. The van der Waals surface area contributed by atoms with Gasteiger partial charge >= 0.3 is 6.18 Å². The van der Waals surface area contributed by atoms with Crippen molar-refractivity contribution in [2.45, 2.75) is 40.4 Å². The smallest absolute Gasteiger partial charge is 0.324 e. The van der Waals surface area contributed by atoms with Crippen molar-refractivity contribution in [2.24, 2.45) is 0 Å². The highest BCUT2D eigenvalue weighted by molar-refractivity contribution is 5.96. The predicted molar refractivity (Wildman–Crippen MR) is 136 cm³/mol. The lowest BCUT2D eigenvalue weighted by Gasteiger charge is -2.24. The highest BCUT2D eigenvalue weighted by Gasteiger charge is 2.33. The Morgan fingerprint density at radius 3 is 1.53 bits per heavy atom. The molecule has 5 nitrogen and oxygen atoms in total. The van der Waals surface area contributed by atoms with Gasteiger partial charge in [-0.1, -0.05) is 54.6 Å². The van der Waals surface area contributed by atoms with Crippen LogP contribution in [-0.2, 0) is 22.3 Å². The van der Waals surface area contributed by atoms with Gasteiger partial charge in [0.1, 0.15) is 0 Å². The number of nitrogens with one attached hydrogen (secondary N) is 2. The fraction of sp³-hybridized carbons (Fsp3) is 0.286. The van der Waals surface area contributed by atoms with Gasteiger partial charge in [-0.25, -0.2) is 0 Å². The Labute approximate surface area is 209 Å². The van der Waals surface area contributed by atoms with Crippen molar-refractivity contribution >= 4 is 23.2 Å². The van der Waals surface area contributed by atoms with Crippen LogP contribution in [0.15, 0.2) is 60.7 Å². The largest absolute Gasteiger partial charge is 0.416 e. The number of hydrogen-bond donors (Lipinski definition) is 2. The van der Waals surface area contributed by atoms with Crippen LogP contribution in [-0.4, -0.2) is 29.8 Å². The van der Waals surface area contributed by atoms with E-state index >= 15 is 0 Å². The molecule has 0 bridgehead atoms. The predicted octanol–water partition coefficient (Wildman–Crippen LogP) is 6.02. The van der Waals surface area contributed by atoms with Crippen LogP contribution in [0.5, 0.6) is 0 Å². The molecule has 0 aliphatic rings. The monoisotopic (exact) mass is 497 g/mol. The van der Waals surface area contributed by atoms with Crippen molar-refractivity contribution in [3.63, 3.8) is 0 Å². The Morgan fingerprint density at radius 2 is 1.11 bits per heavy atom. The van der Waals surface area contributed by atoms with Crippen LogP contribution in [0.2, 0.25) is 0 Å². The highest BCUT2D eigenvalue weighted by atomic mass is 19.4. The van der Waals surface area contributed by atoms with Gasteiger partial charge in [-0.3, -0.25) is 14.5 Å². The average Bonchev–Trinajstić information content (AvgIpc) is 2.78. The lowest BCUT2D eigenvalue weighted by atomic mass is 10.1. The van der Waals surface area contributed by atoms with Gasteiger partial charge in [-0.05, 0) is 61.6 Å².